The van der Waals surface area contributed by atoms with E-state index < -0.39 is 0 Å². The van der Waals surface area contributed by atoms with E-state index in [-0.39, 0.29) is 28.6 Å². The molecule has 1 N–H and O–H groups in total. The summed E-state index contributed by atoms with van der Waals surface area (Å²) in [5.41, 5.74) is 2.87. The minimum atomic E-state index is -0.382. The fraction of sp³-hybridized carbons (Fsp3) is 0.636. The molecule has 8 saturated carbocycles. The Morgan fingerprint density at radius 2 is 1.44 bits per heavy atom. The first-order valence-corrected chi connectivity index (χ1v) is 17.8. The smallest absolute Gasteiger partial charge is 0.317 e. The van der Waals surface area contributed by atoms with Crippen molar-refractivity contribution in [3.63, 3.8) is 0 Å². The van der Waals surface area contributed by atoms with Gasteiger partial charge in [0, 0.05) is 0 Å². The fourth-order valence-electron chi connectivity index (χ4n) is 10.8. The zero-order valence-electron chi connectivity index (χ0n) is 24.4. The summed E-state index contributed by atoms with van der Waals surface area (Å²) in [4.78, 5) is 41.1. The van der Waals surface area contributed by atoms with Crippen LogP contribution >= 0.6 is 39.9 Å². The normalized spacial score (nSPS) is 39.6. The van der Waals surface area contributed by atoms with E-state index in [1.807, 2.05) is 6.07 Å². The quantitative estimate of drug-likeness (QED) is 0.149. The van der Waals surface area contributed by atoms with Gasteiger partial charge < -0.3 is 9.47 Å². The molecule has 10 heteroatoms. The Kier molecular flexibility index (Phi) is 6.85. The molecule has 7 nitrogen and oxygen atoms in total. The van der Waals surface area contributed by atoms with E-state index in [9.17, 15) is 14.4 Å². The van der Waals surface area contributed by atoms with E-state index in [1.54, 1.807) is 19.3 Å². The summed E-state index contributed by atoms with van der Waals surface area (Å²) in [5, 5.41) is 1.25. The number of thiocarbonyl (C=S) groups is 1. The lowest BCUT2D eigenvalue weighted by Gasteiger charge is -2.55. The molecule has 1 saturated heterocycles. The topological polar surface area (TPSA) is 84.9 Å². The molecule has 9 fully saturated rings. The van der Waals surface area contributed by atoms with Gasteiger partial charge >= 0.3 is 5.97 Å². The number of methoxy groups -OCH3 is 1. The minimum absolute atomic E-state index is 0.0567. The number of hydrogen-bond donors (Lipinski definition) is 1. The number of esters is 1. The van der Waals surface area contributed by atoms with Gasteiger partial charge in [-0.1, -0.05) is 11.8 Å². The molecule has 10 rings (SSSR count). The molecule has 1 heterocycles. The highest BCUT2D eigenvalue weighted by molar-refractivity contribution is 9.10. The van der Waals surface area contributed by atoms with E-state index in [0.29, 0.717) is 66.3 Å². The van der Waals surface area contributed by atoms with Crippen LogP contribution in [0.3, 0.4) is 0 Å². The Labute approximate surface area is 270 Å². The van der Waals surface area contributed by atoms with E-state index in [0.717, 1.165) is 38.5 Å². The Balaban J connectivity index is 0.986. The van der Waals surface area contributed by atoms with E-state index in [1.165, 1.54) is 55.3 Å². The number of amides is 2. The van der Waals surface area contributed by atoms with E-state index in [2.05, 4.69) is 21.4 Å². The number of hydrazine groups is 1. The monoisotopic (exact) mass is 684 g/mol. The van der Waals surface area contributed by atoms with Crippen LogP contribution in [0.25, 0.3) is 6.08 Å². The van der Waals surface area contributed by atoms with Gasteiger partial charge in [0.2, 0.25) is 5.91 Å². The van der Waals surface area contributed by atoms with Crippen LogP contribution in [0.4, 0.5) is 0 Å². The highest BCUT2D eigenvalue weighted by Crippen LogP contribution is 2.61. The molecule has 2 amide bonds. The Morgan fingerprint density at radius 3 is 1.95 bits per heavy atom. The summed E-state index contributed by atoms with van der Waals surface area (Å²) in [6.07, 6.45) is 14.8. The third-order valence-corrected chi connectivity index (χ3v) is 13.6. The highest BCUT2D eigenvalue weighted by atomic mass is 79.9. The van der Waals surface area contributed by atoms with Crippen LogP contribution in [-0.4, -0.2) is 34.2 Å². The second kappa shape index (κ2) is 10.3. The van der Waals surface area contributed by atoms with Gasteiger partial charge in [-0.05, 0) is 164 Å². The molecular weight excluding hydrogens is 648 g/mol. The van der Waals surface area contributed by atoms with Crippen LogP contribution in [-0.2, 0) is 14.4 Å². The highest BCUT2D eigenvalue weighted by Gasteiger charge is 2.57. The predicted octanol–water partition coefficient (Wildman–Crippen LogP) is 7.03. The molecule has 8 aliphatic carbocycles. The number of benzene rings is 1. The lowest BCUT2D eigenvalue weighted by Crippen LogP contribution is -2.57. The summed E-state index contributed by atoms with van der Waals surface area (Å²) < 4.78 is 12.7. The van der Waals surface area contributed by atoms with Crippen molar-refractivity contribution in [3.8, 4) is 11.5 Å². The fourth-order valence-corrected chi connectivity index (χ4v) is 12.5. The minimum Gasteiger partial charge on any atom is -0.493 e. The molecule has 43 heavy (non-hydrogen) atoms. The number of thioether (sulfide) groups is 1. The molecule has 1 aromatic carbocycles. The van der Waals surface area contributed by atoms with Crippen molar-refractivity contribution in [2.75, 3.05) is 7.11 Å². The Hall–Kier alpha value is -1.91. The van der Waals surface area contributed by atoms with Crippen LogP contribution in [0.1, 0.15) is 82.6 Å². The number of ether oxygens (including phenoxy) is 2. The van der Waals surface area contributed by atoms with Gasteiger partial charge in [-0.2, -0.15) is 5.01 Å². The summed E-state index contributed by atoms with van der Waals surface area (Å²) in [6.45, 7) is 0. The molecule has 8 bridgehead atoms. The lowest BCUT2D eigenvalue weighted by molar-refractivity contribution is -0.161. The first-order valence-electron chi connectivity index (χ1n) is 15.8. The summed E-state index contributed by atoms with van der Waals surface area (Å²) >= 11 is 10.3. The predicted molar refractivity (Wildman–Crippen MR) is 171 cm³/mol. The Morgan fingerprint density at radius 1 is 0.930 bits per heavy atom. The van der Waals surface area contributed by atoms with Crippen molar-refractivity contribution in [2.24, 2.45) is 46.3 Å². The summed E-state index contributed by atoms with van der Waals surface area (Å²) in [5.74, 6) is 4.07. The number of carbonyl (C=O) groups is 3. The van der Waals surface area contributed by atoms with Gasteiger partial charge in [-0.3, -0.25) is 19.8 Å². The molecule has 0 unspecified atom stereocenters. The van der Waals surface area contributed by atoms with Gasteiger partial charge in [-0.25, -0.2) is 0 Å². The van der Waals surface area contributed by atoms with Gasteiger partial charge in [0.05, 0.1) is 27.3 Å². The van der Waals surface area contributed by atoms with Crippen LogP contribution in [0.15, 0.2) is 21.5 Å². The second-order valence-corrected chi connectivity index (χ2v) is 17.3. The van der Waals surface area contributed by atoms with E-state index >= 15 is 0 Å². The molecule has 0 spiro atoms. The first kappa shape index (κ1) is 28.6. The third-order valence-electron chi connectivity index (χ3n) is 11.7. The number of carbonyl (C=O) groups excluding carboxylic acids is 3. The number of nitrogens with one attached hydrogen (secondary N) is 1. The SMILES string of the molecule is COc1cc(/C=C2/SC(=S)N(NC(=O)C34CC5CC(CC(C5)C3)C4)C2=O)cc(Br)c1OC(=O)C12CC3CC(CC(C3)C1)C2. The van der Waals surface area contributed by atoms with Crippen LogP contribution in [0, 0.1) is 46.3 Å². The van der Waals surface area contributed by atoms with Gasteiger partial charge in [0.25, 0.3) is 5.91 Å². The van der Waals surface area contributed by atoms with Crippen LogP contribution in [0.2, 0.25) is 0 Å². The molecule has 0 aromatic heterocycles. The molecule has 0 radical (unpaired) electrons. The molecular formula is C33H37BrN2O5S2. The molecule has 0 atom stereocenters. The first-order chi connectivity index (χ1) is 20.6. The van der Waals surface area contributed by atoms with Gasteiger partial charge in [-0.15, -0.1) is 0 Å². The zero-order valence-corrected chi connectivity index (χ0v) is 27.6. The maximum Gasteiger partial charge on any atom is 0.317 e. The summed E-state index contributed by atoms with van der Waals surface area (Å²) in [6, 6.07) is 3.60. The number of hydrogen-bond acceptors (Lipinski definition) is 7. The average molecular weight is 686 g/mol. The van der Waals surface area contributed by atoms with Crippen molar-refractivity contribution in [1.82, 2.24) is 10.4 Å². The number of nitrogens with zero attached hydrogens (tertiary/aromatic N) is 1. The molecule has 9 aliphatic rings. The van der Waals surface area contributed by atoms with Crippen LogP contribution < -0.4 is 14.9 Å². The largest absolute Gasteiger partial charge is 0.493 e. The average Bonchev–Trinajstić information content (AvgIpc) is 3.20. The number of halogens is 1. The maximum atomic E-state index is 13.6. The third kappa shape index (κ3) is 4.80. The maximum absolute atomic E-state index is 13.6. The lowest BCUT2D eigenvalue weighted by atomic mass is 9.49. The number of rotatable bonds is 6. The van der Waals surface area contributed by atoms with Crippen molar-refractivity contribution in [3.05, 3.63) is 27.1 Å². The molecule has 1 aromatic rings. The van der Waals surface area contributed by atoms with Gasteiger partial charge in [0.1, 0.15) is 0 Å². The van der Waals surface area contributed by atoms with E-state index in [4.69, 9.17) is 21.7 Å². The molecule has 228 valence electrons. The summed E-state index contributed by atoms with van der Waals surface area (Å²) in [7, 11) is 1.55. The standard InChI is InChI=1S/C33H37BrN2O5S2/c1-40-25-9-17(8-24(34)27(25)41-30(39)33-14-21-5-22(15-33)7-23(6-21)16-33)10-26-28(37)36(31(42)43-26)35-29(38)32-11-18-2-19(12-32)4-20(3-18)13-32/h8-10,18-23H,2-7,11-16H2,1H3,(H,35,38)/b26-10+. The van der Waals surface area contributed by atoms with Crippen molar-refractivity contribution in [2.45, 2.75) is 77.0 Å². The van der Waals surface area contributed by atoms with Crippen molar-refractivity contribution in [1.29, 1.82) is 0 Å². The van der Waals surface area contributed by atoms with Gasteiger partial charge in [0.15, 0.2) is 15.8 Å². The molecule has 1 aliphatic heterocycles. The van der Waals surface area contributed by atoms with Crippen molar-refractivity contribution < 1.29 is 23.9 Å². The Bertz CT molecular complexity index is 1400. The van der Waals surface area contributed by atoms with Crippen LogP contribution in [0.5, 0.6) is 11.5 Å². The van der Waals surface area contributed by atoms with Crippen molar-refractivity contribution >= 4 is 68.1 Å². The zero-order chi connectivity index (χ0) is 29.7. The second-order valence-electron chi connectivity index (χ2n) is 14.8.